The molecule has 0 saturated heterocycles. The van der Waals surface area contributed by atoms with Crippen LogP contribution >= 0.6 is 0 Å². The Morgan fingerprint density at radius 2 is 1.91 bits per heavy atom. The number of nitrogens with zero attached hydrogens (tertiary/aromatic N) is 1. The third kappa shape index (κ3) is 3.33. The van der Waals surface area contributed by atoms with Gasteiger partial charge < -0.3 is 14.4 Å². The summed E-state index contributed by atoms with van der Waals surface area (Å²) >= 11 is 0. The maximum Gasteiger partial charge on any atom is 0.278 e. The van der Waals surface area contributed by atoms with Crippen molar-refractivity contribution < 1.29 is 18.6 Å². The van der Waals surface area contributed by atoms with Crippen molar-refractivity contribution in [1.82, 2.24) is 4.57 Å². The molecule has 0 aliphatic carbocycles. The van der Waals surface area contributed by atoms with Crippen LogP contribution < -0.4 is 10.2 Å². The molecule has 1 aromatic carbocycles. The van der Waals surface area contributed by atoms with Crippen LogP contribution in [0, 0.1) is 0 Å². The van der Waals surface area contributed by atoms with E-state index in [-0.39, 0.29) is 18.1 Å². The van der Waals surface area contributed by atoms with Crippen molar-refractivity contribution in [2.45, 2.75) is 26.1 Å². The van der Waals surface area contributed by atoms with Crippen LogP contribution in [0.5, 0.6) is 5.75 Å². The molecule has 1 aromatic heterocycles. The van der Waals surface area contributed by atoms with E-state index in [1.807, 2.05) is 30.3 Å². The van der Waals surface area contributed by atoms with Crippen molar-refractivity contribution >= 4 is 0 Å². The molecule has 0 fully saturated rings. The molecule has 1 atom stereocenters. The van der Waals surface area contributed by atoms with Crippen molar-refractivity contribution in [3.63, 3.8) is 0 Å². The first kappa shape index (κ1) is 16.2. The predicted octanol–water partition coefficient (Wildman–Crippen LogP) is 2.96. The molecule has 2 aromatic rings. The van der Waals surface area contributed by atoms with Gasteiger partial charge in [0.25, 0.3) is 6.43 Å². The van der Waals surface area contributed by atoms with Crippen molar-refractivity contribution in [2.24, 2.45) is 7.05 Å². The van der Waals surface area contributed by atoms with E-state index in [0.717, 1.165) is 16.2 Å². The standard InChI is InChI=1S/C16H17F2NO3/c1-10(20)14-15(22-9-11-6-4-3-5-7-11)13(21)8-12(16(17)18)19(14)2/h3-8,10,16,20H,9H2,1-2H3. The van der Waals surface area contributed by atoms with Gasteiger partial charge >= 0.3 is 0 Å². The molecular formula is C16H17F2NO3. The molecule has 0 saturated carbocycles. The second-order valence-electron chi connectivity index (χ2n) is 4.96. The van der Waals surface area contributed by atoms with Crippen LogP contribution in [0.2, 0.25) is 0 Å². The average molecular weight is 309 g/mol. The Bertz CT molecular complexity index is 697. The van der Waals surface area contributed by atoms with E-state index >= 15 is 0 Å². The Morgan fingerprint density at radius 3 is 2.45 bits per heavy atom. The van der Waals surface area contributed by atoms with Crippen molar-refractivity contribution in [2.75, 3.05) is 0 Å². The van der Waals surface area contributed by atoms with E-state index in [2.05, 4.69) is 0 Å². The normalized spacial score (nSPS) is 12.5. The highest BCUT2D eigenvalue weighted by Crippen LogP contribution is 2.27. The van der Waals surface area contributed by atoms with Gasteiger partial charge in [0.05, 0.1) is 17.5 Å². The van der Waals surface area contributed by atoms with Gasteiger partial charge in [-0.15, -0.1) is 0 Å². The van der Waals surface area contributed by atoms with Crippen LogP contribution in [-0.2, 0) is 13.7 Å². The number of halogens is 2. The number of hydrogen-bond acceptors (Lipinski definition) is 3. The quantitative estimate of drug-likeness (QED) is 0.924. The highest BCUT2D eigenvalue weighted by Gasteiger charge is 2.22. The first-order valence-electron chi connectivity index (χ1n) is 6.78. The van der Waals surface area contributed by atoms with Crippen LogP contribution in [0.3, 0.4) is 0 Å². The zero-order chi connectivity index (χ0) is 16.3. The first-order chi connectivity index (χ1) is 10.4. The van der Waals surface area contributed by atoms with Crippen LogP contribution in [0.15, 0.2) is 41.2 Å². The van der Waals surface area contributed by atoms with E-state index in [0.29, 0.717) is 0 Å². The molecular weight excluding hydrogens is 292 g/mol. The maximum absolute atomic E-state index is 13.0. The van der Waals surface area contributed by atoms with E-state index < -0.39 is 23.7 Å². The summed E-state index contributed by atoms with van der Waals surface area (Å²) in [6, 6.07) is 9.98. The molecule has 0 aliphatic heterocycles. The summed E-state index contributed by atoms with van der Waals surface area (Å²) in [6.07, 6.45) is -3.92. The molecule has 1 heterocycles. The minimum atomic E-state index is -2.81. The van der Waals surface area contributed by atoms with Crippen LogP contribution in [0.1, 0.15) is 36.4 Å². The molecule has 2 rings (SSSR count). The lowest BCUT2D eigenvalue weighted by Crippen LogP contribution is -2.20. The molecule has 118 valence electrons. The van der Waals surface area contributed by atoms with E-state index in [1.54, 1.807) is 0 Å². The Labute approximate surface area is 126 Å². The lowest BCUT2D eigenvalue weighted by Gasteiger charge is -2.20. The van der Waals surface area contributed by atoms with Gasteiger partial charge in [-0.2, -0.15) is 0 Å². The number of ether oxygens (including phenoxy) is 1. The number of aliphatic hydroxyl groups excluding tert-OH is 1. The number of rotatable bonds is 5. The van der Waals surface area contributed by atoms with Gasteiger partial charge in [0.2, 0.25) is 5.43 Å². The van der Waals surface area contributed by atoms with Gasteiger partial charge in [-0.1, -0.05) is 30.3 Å². The molecule has 1 N–H and O–H groups in total. The largest absolute Gasteiger partial charge is 0.483 e. The number of hydrogen-bond donors (Lipinski definition) is 1. The van der Waals surface area contributed by atoms with Crippen LogP contribution in [-0.4, -0.2) is 9.67 Å². The number of aliphatic hydroxyl groups is 1. The van der Waals surface area contributed by atoms with Gasteiger partial charge in [0.1, 0.15) is 6.61 Å². The maximum atomic E-state index is 13.0. The lowest BCUT2D eigenvalue weighted by atomic mass is 10.2. The minimum Gasteiger partial charge on any atom is -0.483 e. The summed E-state index contributed by atoms with van der Waals surface area (Å²) in [6.45, 7) is 1.52. The van der Waals surface area contributed by atoms with Crippen molar-refractivity contribution in [3.05, 3.63) is 63.6 Å². The minimum absolute atomic E-state index is 0.0405. The molecule has 0 aliphatic rings. The smallest absolute Gasteiger partial charge is 0.278 e. The SMILES string of the molecule is CC(O)c1c(OCc2ccccc2)c(=O)cc(C(F)F)n1C. The highest BCUT2D eigenvalue weighted by molar-refractivity contribution is 5.33. The summed E-state index contributed by atoms with van der Waals surface area (Å²) in [5.41, 5.74) is -0.244. The monoisotopic (exact) mass is 309 g/mol. The molecule has 22 heavy (non-hydrogen) atoms. The second-order valence-corrected chi connectivity index (χ2v) is 4.96. The Balaban J connectivity index is 2.42. The molecule has 6 heteroatoms. The van der Waals surface area contributed by atoms with Crippen LogP contribution in [0.25, 0.3) is 0 Å². The summed E-state index contributed by atoms with van der Waals surface area (Å²) in [7, 11) is 1.37. The summed E-state index contributed by atoms with van der Waals surface area (Å²) in [4.78, 5) is 12.1. The number of alkyl halides is 2. The Hall–Kier alpha value is -2.21. The second kappa shape index (κ2) is 6.70. The van der Waals surface area contributed by atoms with E-state index in [9.17, 15) is 18.7 Å². The first-order valence-corrected chi connectivity index (χ1v) is 6.78. The number of benzene rings is 1. The molecule has 0 bridgehead atoms. The fourth-order valence-corrected chi connectivity index (χ4v) is 2.27. The van der Waals surface area contributed by atoms with E-state index in [1.165, 1.54) is 14.0 Å². The van der Waals surface area contributed by atoms with Gasteiger partial charge in [-0.3, -0.25) is 4.79 Å². The van der Waals surface area contributed by atoms with Crippen LogP contribution in [0.4, 0.5) is 8.78 Å². The average Bonchev–Trinajstić information content (AvgIpc) is 2.47. The van der Waals surface area contributed by atoms with Crippen molar-refractivity contribution in [1.29, 1.82) is 0 Å². The topological polar surface area (TPSA) is 51.5 Å². The molecule has 1 unspecified atom stereocenters. The lowest BCUT2D eigenvalue weighted by molar-refractivity contribution is 0.134. The van der Waals surface area contributed by atoms with E-state index in [4.69, 9.17) is 4.74 Å². The fourth-order valence-electron chi connectivity index (χ4n) is 2.27. The molecule has 0 radical (unpaired) electrons. The summed E-state index contributed by atoms with van der Waals surface area (Å²) < 4.78 is 32.5. The fraction of sp³-hybridized carbons (Fsp3) is 0.312. The summed E-state index contributed by atoms with van der Waals surface area (Å²) in [5.74, 6) is -0.106. The number of pyridine rings is 1. The zero-order valence-corrected chi connectivity index (χ0v) is 12.3. The van der Waals surface area contributed by atoms with Gasteiger partial charge in [0.15, 0.2) is 5.75 Å². The Kier molecular flexibility index (Phi) is 4.92. The Morgan fingerprint density at radius 1 is 1.27 bits per heavy atom. The van der Waals surface area contributed by atoms with Crippen molar-refractivity contribution in [3.8, 4) is 5.75 Å². The zero-order valence-electron chi connectivity index (χ0n) is 12.3. The predicted molar refractivity (Wildman–Crippen MR) is 78.0 cm³/mol. The molecule has 0 amide bonds. The van der Waals surface area contributed by atoms with Gasteiger partial charge in [-0.25, -0.2) is 8.78 Å². The van der Waals surface area contributed by atoms with Gasteiger partial charge in [0, 0.05) is 13.1 Å². The third-order valence-electron chi connectivity index (χ3n) is 3.33. The number of aromatic nitrogens is 1. The summed E-state index contributed by atoms with van der Waals surface area (Å²) in [5, 5.41) is 9.83. The molecule has 0 spiro atoms. The third-order valence-corrected chi connectivity index (χ3v) is 3.33. The van der Waals surface area contributed by atoms with Gasteiger partial charge in [-0.05, 0) is 12.5 Å². The highest BCUT2D eigenvalue weighted by atomic mass is 19.3. The molecule has 4 nitrogen and oxygen atoms in total.